The van der Waals surface area contributed by atoms with Crippen LogP contribution in [0.5, 0.6) is 0 Å². The smallest absolute Gasteiger partial charge is 0.254 e. The van der Waals surface area contributed by atoms with Gasteiger partial charge in [0.2, 0.25) is 5.91 Å². The maximum atomic E-state index is 13.3. The number of aryl methyl sites for hydroxylation is 2. The Bertz CT molecular complexity index is 906. The second kappa shape index (κ2) is 7.08. The second-order valence-corrected chi connectivity index (χ2v) is 8.45. The van der Waals surface area contributed by atoms with E-state index in [-0.39, 0.29) is 17.2 Å². The van der Waals surface area contributed by atoms with Crippen LogP contribution in [0.4, 0.5) is 0 Å². The van der Waals surface area contributed by atoms with Gasteiger partial charge in [0.15, 0.2) is 0 Å². The number of benzene rings is 2. The van der Waals surface area contributed by atoms with Gasteiger partial charge in [-0.25, -0.2) is 0 Å². The number of nitrogens with zero attached hydrogens (tertiary/aromatic N) is 2. The summed E-state index contributed by atoms with van der Waals surface area (Å²) in [6.45, 7) is 5.92. The summed E-state index contributed by atoms with van der Waals surface area (Å²) < 4.78 is 0. The highest BCUT2D eigenvalue weighted by molar-refractivity contribution is 5.97. The van der Waals surface area contributed by atoms with Crippen molar-refractivity contribution in [1.82, 2.24) is 9.80 Å². The zero-order valence-corrected chi connectivity index (χ0v) is 17.0. The molecule has 2 heterocycles. The number of hydrogen-bond acceptors (Lipinski definition) is 2. The van der Waals surface area contributed by atoms with Gasteiger partial charge < -0.3 is 9.80 Å². The molecule has 0 bridgehead atoms. The van der Waals surface area contributed by atoms with E-state index in [0.717, 1.165) is 36.0 Å². The molecule has 2 aromatic carbocycles. The van der Waals surface area contributed by atoms with Gasteiger partial charge in [-0.15, -0.1) is 0 Å². The van der Waals surface area contributed by atoms with Gasteiger partial charge in [-0.05, 0) is 55.4 Å². The Balaban J connectivity index is 1.57. The molecule has 0 radical (unpaired) electrons. The molecule has 1 fully saturated rings. The van der Waals surface area contributed by atoms with E-state index in [1.165, 1.54) is 11.1 Å². The van der Waals surface area contributed by atoms with E-state index in [1.54, 1.807) is 0 Å². The number of carbonyl (C=O) groups is 2. The Labute approximate surface area is 167 Å². The first kappa shape index (κ1) is 18.7. The number of rotatable bonds is 1. The van der Waals surface area contributed by atoms with Crippen LogP contribution in [0.1, 0.15) is 45.5 Å². The molecule has 2 aliphatic rings. The fourth-order valence-corrected chi connectivity index (χ4v) is 4.89. The largest absolute Gasteiger partial charge is 0.341 e. The van der Waals surface area contributed by atoms with Crippen molar-refractivity contribution in [3.63, 3.8) is 0 Å². The number of fused-ring (bicyclic) bond motifs is 1. The Morgan fingerprint density at radius 3 is 2.18 bits per heavy atom. The van der Waals surface area contributed by atoms with Gasteiger partial charge in [0, 0.05) is 32.2 Å². The summed E-state index contributed by atoms with van der Waals surface area (Å²) in [4.78, 5) is 30.2. The molecule has 146 valence electrons. The number of carbonyl (C=O) groups excluding carboxylic acids is 2. The third-order valence-electron chi connectivity index (χ3n) is 6.56. The van der Waals surface area contributed by atoms with Crippen LogP contribution < -0.4 is 0 Å². The number of amides is 2. The molecule has 28 heavy (non-hydrogen) atoms. The molecular weight excluding hydrogens is 348 g/mol. The standard InChI is InChI=1S/C24H28N2O2/c1-17-7-6-8-18(2)21(17)22(27)26-13-11-24(12-14-26)15-19-9-4-5-10-20(19)16-25(3)23(24)28/h4-10H,11-16H2,1-3H3. The third kappa shape index (κ3) is 3.11. The van der Waals surface area contributed by atoms with Crippen LogP contribution >= 0.6 is 0 Å². The molecule has 0 atom stereocenters. The molecule has 4 rings (SSSR count). The highest BCUT2D eigenvalue weighted by Gasteiger charge is 2.45. The average Bonchev–Trinajstić information content (AvgIpc) is 2.78. The third-order valence-corrected chi connectivity index (χ3v) is 6.56. The fraction of sp³-hybridized carbons (Fsp3) is 0.417. The quantitative estimate of drug-likeness (QED) is 0.761. The minimum Gasteiger partial charge on any atom is -0.341 e. The molecule has 2 amide bonds. The molecule has 0 saturated carbocycles. The van der Waals surface area contributed by atoms with Gasteiger partial charge in [-0.3, -0.25) is 9.59 Å². The molecule has 4 nitrogen and oxygen atoms in total. The minimum atomic E-state index is -0.390. The maximum absolute atomic E-state index is 13.3. The average molecular weight is 377 g/mol. The first-order valence-corrected chi connectivity index (χ1v) is 10.1. The normalized spacial score (nSPS) is 18.8. The summed E-state index contributed by atoms with van der Waals surface area (Å²) in [6.07, 6.45) is 2.22. The van der Waals surface area contributed by atoms with E-state index >= 15 is 0 Å². The van der Waals surface area contributed by atoms with E-state index in [2.05, 4.69) is 18.2 Å². The molecule has 0 aromatic heterocycles. The van der Waals surface area contributed by atoms with Crippen molar-refractivity contribution in [2.24, 2.45) is 5.41 Å². The van der Waals surface area contributed by atoms with Gasteiger partial charge >= 0.3 is 0 Å². The summed E-state index contributed by atoms with van der Waals surface area (Å²) >= 11 is 0. The summed E-state index contributed by atoms with van der Waals surface area (Å²) in [6, 6.07) is 14.3. The van der Waals surface area contributed by atoms with Crippen LogP contribution in [0, 0.1) is 19.3 Å². The lowest BCUT2D eigenvalue weighted by Gasteiger charge is -2.41. The summed E-state index contributed by atoms with van der Waals surface area (Å²) in [5.41, 5.74) is 4.97. The van der Waals surface area contributed by atoms with E-state index in [4.69, 9.17) is 0 Å². The van der Waals surface area contributed by atoms with E-state index in [9.17, 15) is 9.59 Å². The van der Waals surface area contributed by atoms with Crippen molar-refractivity contribution in [2.45, 2.75) is 39.7 Å². The van der Waals surface area contributed by atoms with Crippen molar-refractivity contribution in [3.05, 3.63) is 70.3 Å². The van der Waals surface area contributed by atoms with Crippen molar-refractivity contribution in [3.8, 4) is 0 Å². The summed E-state index contributed by atoms with van der Waals surface area (Å²) in [5, 5.41) is 0. The van der Waals surface area contributed by atoms with Crippen LogP contribution in [-0.4, -0.2) is 41.8 Å². The molecule has 2 aromatic rings. The Morgan fingerprint density at radius 2 is 1.54 bits per heavy atom. The SMILES string of the molecule is Cc1cccc(C)c1C(=O)N1CCC2(CC1)Cc1ccccc1CN(C)C2=O. The Kier molecular flexibility index (Phi) is 4.74. The van der Waals surface area contributed by atoms with Crippen molar-refractivity contribution in [2.75, 3.05) is 20.1 Å². The van der Waals surface area contributed by atoms with Crippen molar-refractivity contribution in [1.29, 1.82) is 0 Å². The maximum Gasteiger partial charge on any atom is 0.254 e. The zero-order valence-electron chi connectivity index (χ0n) is 17.0. The first-order valence-electron chi connectivity index (χ1n) is 10.1. The van der Waals surface area contributed by atoms with Gasteiger partial charge in [-0.1, -0.05) is 42.5 Å². The molecular formula is C24H28N2O2. The molecule has 0 N–H and O–H groups in total. The molecule has 2 aliphatic heterocycles. The van der Waals surface area contributed by atoms with E-state index < -0.39 is 0 Å². The predicted octanol–water partition coefficient (Wildman–Crippen LogP) is 3.74. The van der Waals surface area contributed by atoms with Crippen LogP contribution in [0.3, 0.4) is 0 Å². The van der Waals surface area contributed by atoms with Crippen molar-refractivity contribution < 1.29 is 9.59 Å². The summed E-state index contributed by atoms with van der Waals surface area (Å²) in [5.74, 6) is 0.322. The van der Waals surface area contributed by atoms with E-state index in [0.29, 0.717) is 19.6 Å². The fourth-order valence-electron chi connectivity index (χ4n) is 4.89. The van der Waals surface area contributed by atoms with Gasteiger partial charge in [0.05, 0.1) is 5.41 Å². The molecule has 0 unspecified atom stereocenters. The van der Waals surface area contributed by atoms with Gasteiger partial charge in [0.25, 0.3) is 5.91 Å². The van der Waals surface area contributed by atoms with Crippen LogP contribution in [0.2, 0.25) is 0 Å². The monoisotopic (exact) mass is 376 g/mol. The van der Waals surface area contributed by atoms with E-state index in [1.807, 2.05) is 55.0 Å². The lowest BCUT2D eigenvalue weighted by molar-refractivity contribution is -0.143. The summed E-state index contributed by atoms with van der Waals surface area (Å²) in [7, 11) is 1.90. The number of likely N-dealkylation sites (tertiary alicyclic amines) is 1. The van der Waals surface area contributed by atoms with Crippen LogP contribution in [0.25, 0.3) is 0 Å². The predicted molar refractivity (Wildman–Crippen MR) is 110 cm³/mol. The Hall–Kier alpha value is -2.62. The van der Waals surface area contributed by atoms with Crippen LogP contribution in [0.15, 0.2) is 42.5 Å². The van der Waals surface area contributed by atoms with Gasteiger partial charge in [0.1, 0.15) is 0 Å². The van der Waals surface area contributed by atoms with Gasteiger partial charge in [-0.2, -0.15) is 0 Å². The molecule has 4 heteroatoms. The lowest BCUT2D eigenvalue weighted by Crippen LogP contribution is -2.50. The zero-order chi connectivity index (χ0) is 19.9. The lowest BCUT2D eigenvalue weighted by atomic mass is 9.73. The topological polar surface area (TPSA) is 40.6 Å². The first-order chi connectivity index (χ1) is 13.4. The highest BCUT2D eigenvalue weighted by Crippen LogP contribution is 2.40. The number of hydrogen-bond donors (Lipinski definition) is 0. The molecule has 1 saturated heterocycles. The number of piperidine rings is 1. The van der Waals surface area contributed by atoms with Crippen LogP contribution in [-0.2, 0) is 17.8 Å². The van der Waals surface area contributed by atoms with Crippen molar-refractivity contribution >= 4 is 11.8 Å². The second-order valence-electron chi connectivity index (χ2n) is 8.45. The Morgan fingerprint density at radius 1 is 0.929 bits per heavy atom. The molecule has 0 aliphatic carbocycles. The minimum absolute atomic E-state index is 0.0975. The highest BCUT2D eigenvalue weighted by atomic mass is 16.2. The molecule has 1 spiro atoms.